The zero-order chi connectivity index (χ0) is 17.8. The maximum Gasteiger partial charge on any atom is 0.322 e. The van der Waals surface area contributed by atoms with Gasteiger partial charge in [-0.3, -0.25) is 0 Å². The third-order valence-corrected chi connectivity index (χ3v) is 3.80. The summed E-state index contributed by atoms with van der Waals surface area (Å²) in [6.45, 7) is 3.81. The number of nitrogens with zero attached hydrogens (tertiary/aromatic N) is 3. The summed E-state index contributed by atoms with van der Waals surface area (Å²) in [5.41, 5.74) is 4.15. The second kappa shape index (κ2) is 7.32. The molecule has 3 rings (SSSR count). The lowest BCUT2D eigenvalue weighted by Gasteiger charge is -2.08. The van der Waals surface area contributed by atoms with E-state index in [2.05, 4.69) is 15.1 Å². The zero-order valence-electron chi connectivity index (χ0n) is 13.9. The second-order valence-corrected chi connectivity index (χ2v) is 5.98. The summed E-state index contributed by atoms with van der Waals surface area (Å²) in [7, 11) is 0. The molecule has 0 aliphatic rings. The number of rotatable bonds is 4. The first kappa shape index (κ1) is 16.9. The topological polar surface area (TPSA) is 73.4 Å². The quantitative estimate of drug-likeness (QED) is 0.432. The zero-order valence-corrected chi connectivity index (χ0v) is 14.7. The predicted molar refractivity (Wildman–Crippen MR) is 99.3 cm³/mol. The van der Waals surface area contributed by atoms with E-state index >= 15 is 0 Å². The van der Waals surface area contributed by atoms with Gasteiger partial charge in [0.2, 0.25) is 0 Å². The van der Waals surface area contributed by atoms with Crippen LogP contribution in [-0.4, -0.2) is 15.7 Å². The third kappa shape index (κ3) is 4.14. The van der Waals surface area contributed by atoms with Gasteiger partial charge in [-0.2, -0.15) is 5.10 Å². The van der Waals surface area contributed by atoms with E-state index in [1.807, 2.05) is 56.3 Å². The molecule has 0 bridgehead atoms. The first-order chi connectivity index (χ1) is 12.0. The highest BCUT2D eigenvalue weighted by Crippen LogP contribution is 2.21. The van der Waals surface area contributed by atoms with Crippen LogP contribution in [0.15, 0.2) is 59.7 Å². The molecule has 1 heterocycles. The fourth-order valence-corrected chi connectivity index (χ4v) is 2.57. The van der Waals surface area contributed by atoms with Gasteiger partial charge in [0.25, 0.3) is 0 Å². The van der Waals surface area contributed by atoms with Crippen molar-refractivity contribution < 1.29 is 4.74 Å². The maximum atomic E-state index is 5.93. The van der Waals surface area contributed by atoms with E-state index in [4.69, 9.17) is 22.2 Å². The first-order valence-electron chi connectivity index (χ1n) is 7.69. The number of aryl methyl sites for hydroxylation is 2. The van der Waals surface area contributed by atoms with Gasteiger partial charge in [-0.25, -0.2) is 9.97 Å². The molecule has 0 atom stereocenters. The molecule has 1 aromatic heterocycles. The Morgan fingerprint density at radius 1 is 0.920 bits per heavy atom. The van der Waals surface area contributed by atoms with E-state index in [-0.39, 0.29) is 0 Å². The van der Waals surface area contributed by atoms with E-state index < -0.39 is 0 Å². The van der Waals surface area contributed by atoms with Crippen molar-refractivity contribution in [2.24, 2.45) is 10.9 Å². The Hall–Kier alpha value is -2.92. The smallest absolute Gasteiger partial charge is 0.322 e. The molecule has 0 unspecified atom stereocenters. The molecule has 5 nitrogen and oxygen atoms in total. The number of benzene rings is 2. The molecule has 2 N–H and O–H groups in total. The maximum absolute atomic E-state index is 5.93. The number of hydrazone groups is 1. The molecular weight excluding hydrogens is 336 g/mol. The van der Waals surface area contributed by atoms with E-state index in [1.165, 1.54) is 0 Å². The Labute approximate surface area is 151 Å². The van der Waals surface area contributed by atoms with Crippen molar-refractivity contribution in [2.75, 3.05) is 0 Å². The van der Waals surface area contributed by atoms with Crippen molar-refractivity contribution in [3.63, 3.8) is 0 Å². The molecule has 0 fully saturated rings. The third-order valence-electron chi connectivity index (χ3n) is 3.55. The Morgan fingerprint density at radius 2 is 1.44 bits per heavy atom. The lowest BCUT2D eigenvalue weighted by Crippen LogP contribution is -2.06. The van der Waals surface area contributed by atoms with Crippen LogP contribution >= 0.6 is 11.6 Å². The Balaban J connectivity index is 1.82. The molecule has 25 heavy (non-hydrogen) atoms. The second-order valence-electron chi connectivity index (χ2n) is 5.54. The Bertz CT molecular complexity index is 885. The molecule has 3 aromatic rings. The minimum atomic E-state index is 0.329. The SMILES string of the molecule is Cc1cc(C)nc(Oc2ccc(C(=NN)c3ccc(Cl)cc3)cc2)n1. The van der Waals surface area contributed by atoms with E-state index in [1.54, 1.807) is 12.1 Å². The van der Waals surface area contributed by atoms with Crippen molar-refractivity contribution >= 4 is 17.3 Å². The van der Waals surface area contributed by atoms with Crippen molar-refractivity contribution in [3.05, 3.63) is 82.1 Å². The van der Waals surface area contributed by atoms with Gasteiger partial charge in [0.15, 0.2) is 0 Å². The fraction of sp³-hybridized carbons (Fsp3) is 0.105. The summed E-state index contributed by atoms with van der Waals surface area (Å²) in [6.07, 6.45) is 0. The highest BCUT2D eigenvalue weighted by Gasteiger charge is 2.08. The van der Waals surface area contributed by atoms with Crippen molar-refractivity contribution in [1.29, 1.82) is 0 Å². The minimum absolute atomic E-state index is 0.329. The van der Waals surface area contributed by atoms with E-state index in [0.717, 1.165) is 22.5 Å². The fourth-order valence-electron chi connectivity index (χ4n) is 2.45. The van der Waals surface area contributed by atoms with Gasteiger partial charge in [-0.05, 0) is 56.3 Å². The Kier molecular flexibility index (Phi) is 4.95. The van der Waals surface area contributed by atoms with Crippen LogP contribution < -0.4 is 10.6 Å². The number of aromatic nitrogens is 2. The standard InChI is InChI=1S/C19H17ClN4O/c1-12-11-13(2)23-19(22-12)25-17-9-5-15(6-10-17)18(24-21)14-3-7-16(20)8-4-14/h3-11H,21H2,1-2H3. The molecule has 0 radical (unpaired) electrons. The molecule has 0 aliphatic heterocycles. The van der Waals surface area contributed by atoms with Crippen LogP contribution in [0.2, 0.25) is 5.02 Å². The summed E-state index contributed by atoms with van der Waals surface area (Å²) in [5.74, 6) is 6.21. The number of halogens is 1. The average Bonchev–Trinajstić information content (AvgIpc) is 2.58. The lowest BCUT2D eigenvalue weighted by atomic mass is 10.0. The van der Waals surface area contributed by atoms with Crippen molar-refractivity contribution in [3.8, 4) is 11.8 Å². The first-order valence-corrected chi connectivity index (χ1v) is 8.07. The lowest BCUT2D eigenvalue weighted by molar-refractivity contribution is 0.439. The van der Waals surface area contributed by atoms with Gasteiger partial charge in [0, 0.05) is 27.5 Å². The summed E-state index contributed by atoms with van der Waals surface area (Å²) < 4.78 is 5.72. The normalized spacial score (nSPS) is 11.4. The summed E-state index contributed by atoms with van der Waals surface area (Å²) in [6, 6.07) is 17.0. The highest BCUT2D eigenvalue weighted by molar-refractivity contribution is 6.30. The van der Waals surface area contributed by atoms with Crippen LogP contribution in [0.5, 0.6) is 11.8 Å². The summed E-state index contributed by atoms with van der Waals surface area (Å²) in [4.78, 5) is 8.54. The molecule has 2 aromatic carbocycles. The van der Waals surface area contributed by atoms with Gasteiger partial charge < -0.3 is 10.6 Å². The molecule has 0 saturated carbocycles. The average molecular weight is 353 g/mol. The minimum Gasteiger partial charge on any atom is -0.424 e. The monoisotopic (exact) mass is 352 g/mol. The van der Waals surface area contributed by atoms with Crippen LogP contribution in [-0.2, 0) is 0 Å². The molecule has 0 spiro atoms. The van der Waals surface area contributed by atoms with Crippen LogP contribution in [0, 0.1) is 13.8 Å². The number of hydrogen-bond acceptors (Lipinski definition) is 5. The molecule has 126 valence electrons. The van der Waals surface area contributed by atoms with Gasteiger partial charge in [0.1, 0.15) is 5.75 Å². The van der Waals surface area contributed by atoms with Crippen LogP contribution in [0.25, 0.3) is 0 Å². The number of ether oxygens (including phenoxy) is 1. The molecule has 0 saturated heterocycles. The number of nitrogens with two attached hydrogens (primary N) is 1. The van der Waals surface area contributed by atoms with Crippen molar-refractivity contribution in [1.82, 2.24) is 9.97 Å². The number of hydrogen-bond donors (Lipinski definition) is 1. The van der Waals surface area contributed by atoms with Crippen LogP contribution in [0.3, 0.4) is 0 Å². The van der Waals surface area contributed by atoms with Crippen LogP contribution in [0.1, 0.15) is 22.5 Å². The predicted octanol–water partition coefficient (Wildman–Crippen LogP) is 4.25. The van der Waals surface area contributed by atoms with Crippen molar-refractivity contribution in [2.45, 2.75) is 13.8 Å². The summed E-state index contributed by atoms with van der Waals surface area (Å²) >= 11 is 5.93. The van der Waals surface area contributed by atoms with Crippen LogP contribution in [0.4, 0.5) is 0 Å². The van der Waals surface area contributed by atoms with E-state index in [0.29, 0.717) is 22.5 Å². The molecule has 0 aliphatic carbocycles. The highest BCUT2D eigenvalue weighted by atomic mass is 35.5. The van der Waals surface area contributed by atoms with Gasteiger partial charge >= 0.3 is 6.01 Å². The summed E-state index contributed by atoms with van der Waals surface area (Å²) in [5, 5.41) is 4.57. The molecule has 6 heteroatoms. The largest absolute Gasteiger partial charge is 0.424 e. The van der Waals surface area contributed by atoms with Gasteiger partial charge in [-0.15, -0.1) is 0 Å². The van der Waals surface area contributed by atoms with E-state index in [9.17, 15) is 0 Å². The molecular formula is C19H17ClN4O. The van der Waals surface area contributed by atoms with Gasteiger partial charge in [0.05, 0.1) is 5.71 Å². The molecule has 0 amide bonds. The van der Waals surface area contributed by atoms with Gasteiger partial charge in [-0.1, -0.05) is 23.7 Å². The Morgan fingerprint density at radius 3 is 1.96 bits per heavy atom.